The molecule has 0 bridgehead atoms. The zero-order valence-corrected chi connectivity index (χ0v) is 18.0. The molecule has 1 aromatic rings. The van der Waals surface area contributed by atoms with E-state index in [2.05, 4.69) is 5.32 Å². The standard InChI is InChI=1S/C21H29NO5S/c1-14-6-8-17(9-7-14)28(24)20-15(2)19(21(23)26-5)16(3)22-18(20)10-11-27-13-12-25-4/h6-9,15,22H,10-13H2,1-5H3/t15-,28+/m1/s1. The van der Waals surface area contributed by atoms with E-state index in [1.54, 1.807) is 7.11 Å². The van der Waals surface area contributed by atoms with Crippen molar-refractivity contribution in [3.05, 3.63) is 51.7 Å². The smallest absolute Gasteiger partial charge is 0.336 e. The number of benzene rings is 1. The molecule has 0 radical (unpaired) electrons. The summed E-state index contributed by atoms with van der Waals surface area (Å²) in [6.07, 6.45) is 0.562. The SMILES string of the molecule is COCCOCCC1=C([S@@](=O)c2ccc(C)cc2)[C@H](C)C(C(=O)OC)=C(C)N1. The Balaban J connectivity index is 2.34. The Bertz CT molecular complexity index is 782. The van der Waals surface area contributed by atoms with Gasteiger partial charge in [-0.05, 0) is 26.0 Å². The van der Waals surface area contributed by atoms with Crippen molar-refractivity contribution >= 4 is 16.8 Å². The average molecular weight is 408 g/mol. The van der Waals surface area contributed by atoms with Crippen LogP contribution in [-0.4, -0.2) is 44.2 Å². The topological polar surface area (TPSA) is 73.9 Å². The lowest BCUT2D eigenvalue weighted by Crippen LogP contribution is -2.31. The molecule has 28 heavy (non-hydrogen) atoms. The summed E-state index contributed by atoms with van der Waals surface area (Å²) in [4.78, 5) is 13.7. The van der Waals surface area contributed by atoms with Crippen LogP contribution < -0.4 is 5.32 Å². The molecule has 0 saturated carbocycles. The van der Waals surface area contributed by atoms with E-state index in [-0.39, 0.29) is 5.92 Å². The van der Waals surface area contributed by atoms with Crippen LogP contribution in [-0.2, 0) is 29.8 Å². The molecule has 0 saturated heterocycles. The Labute approximate surface area is 169 Å². The molecule has 2 rings (SSSR count). The van der Waals surface area contributed by atoms with Gasteiger partial charge in [-0.25, -0.2) is 9.00 Å². The zero-order chi connectivity index (χ0) is 20.7. The van der Waals surface area contributed by atoms with Gasteiger partial charge in [0.1, 0.15) is 0 Å². The molecule has 154 valence electrons. The molecule has 7 heteroatoms. The van der Waals surface area contributed by atoms with Crippen molar-refractivity contribution in [2.45, 2.75) is 32.1 Å². The molecule has 0 amide bonds. The number of esters is 1. The van der Waals surface area contributed by atoms with Crippen LogP contribution in [0.5, 0.6) is 0 Å². The van der Waals surface area contributed by atoms with Gasteiger partial charge < -0.3 is 19.5 Å². The van der Waals surface area contributed by atoms with Crippen LogP contribution >= 0.6 is 0 Å². The second kappa shape index (κ2) is 10.5. The molecular weight excluding hydrogens is 378 g/mol. The van der Waals surface area contributed by atoms with Crippen molar-refractivity contribution in [2.75, 3.05) is 34.0 Å². The quantitative estimate of drug-likeness (QED) is 0.501. The Morgan fingerprint density at radius 3 is 2.39 bits per heavy atom. The number of hydrogen-bond acceptors (Lipinski definition) is 6. The molecule has 0 spiro atoms. The number of rotatable bonds is 9. The molecule has 0 fully saturated rings. The van der Waals surface area contributed by atoms with E-state index in [0.29, 0.717) is 41.6 Å². The first-order valence-electron chi connectivity index (χ1n) is 9.25. The number of aryl methyl sites for hydroxylation is 1. The largest absolute Gasteiger partial charge is 0.466 e. The second-order valence-electron chi connectivity index (χ2n) is 6.66. The highest BCUT2D eigenvalue weighted by atomic mass is 32.2. The first-order chi connectivity index (χ1) is 13.4. The zero-order valence-electron chi connectivity index (χ0n) is 17.2. The summed E-state index contributed by atoms with van der Waals surface area (Å²) in [6.45, 7) is 7.20. The van der Waals surface area contributed by atoms with Gasteiger partial charge in [0, 0.05) is 40.6 Å². The van der Waals surface area contributed by atoms with Gasteiger partial charge in [-0.3, -0.25) is 0 Å². The van der Waals surface area contributed by atoms with Crippen LogP contribution in [0.15, 0.2) is 51.0 Å². The van der Waals surface area contributed by atoms with E-state index in [1.807, 2.05) is 45.0 Å². The number of hydrogen-bond donors (Lipinski definition) is 1. The van der Waals surface area contributed by atoms with Crippen molar-refractivity contribution in [3.63, 3.8) is 0 Å². The fourth-order valence-electron chi connectivity index (χ4n) is 3.18. The van der Waals surface area contributed by atoms with Crippen LogP contribution in [0.25, 0.3) is 0 Å². The highest BCUT2D eigenvalue weighted by molar-refractivity contribution is 7.89. The molecule has 0 unspecified atom stereocenters. The Morgan fingerprint density at radius 2 is 1.79 bits per heavy atom. The number of allylic oxidation sites excluding steroid dienone is 2. The Morgan fingerprint density at radius 1 is 1.11 bits per heavy atom. The minimum atomic E-state index is -1.41. The lowest BCUT2D eigenvalue weighted by atomic mass is 9.93. The van der Waals surface area contributed by atoms with Crippen molar-refractivity contribution in [1.29, 1.82) is 0 Å². The Kier molecular flexibility index (Phi) is 8.41. The third-order valence-corrected chi connectivity index (χ3v) is 6.33. The van der Waals surface area contributed by atoms with Crippen molar-refractivity contribution in [2.24, 2.45) is 5.92 Å². The highest BCUT2D eigenvalue weighted by Gasteiger charge is 2.33. The molecule has 0 aromatic heterocycles. The molecule has 1 aliphatic heterocycles. The Hall–Kier alpha value is -1.96. The van der Waals surface area contributed by atoms with E-state index in [0.717, 1.165) is 17.0 Å². The lowest BCUT2D eigenvalue weighted by molar-refractivity contribution is -0.136. The predicted molar refractivity (Wildman–Crippen MR) is 109 cm³/mol. The molecule has 1 aromatic carbocycles. The van der Waals surface area contributed by atoms with Gasteiger partial charge in [0.15, 0.2) is 0 Å². The van der Waals surface area contributed by atoms with E-state index in [4.69, 9.17) is 14.2 Å². The highest BCUT2D eigenvalue weighted by Crippen LogP contribution is 2.35. The average Bonchev–Trinajstić information content (AvgIpc) is 2.67. The van der Waals surface area contributed by atoms with Gasteiger partial charge in [-0.1, -0.05) is 24.6 Å². The summed E-state index contributed by atoms with van der Waals surface area (Å²) < 4.78 is 28.9. The molecule has 6 nitrogen and oxygen atoms in total. The van der Waals surface area contributed by atoms with Crippen LogP contribution in [0.4, 0.5) is 0 Å². The molecule has 1 heterocycles. The monoisotopic (exact) mass is 407 g/mol. The first-order valence-corrected chi connectivity index (χ1v) is 10.4. The number of methoxy groups -OCH3 is 2. The molecular formula is C21H29NO5S. The third kappa shape index (κ3) is 5.31. The van der Waals surface area contributed by atoms with Crippen molar-refractivity contribution < 1.29 is 23.2 Å². The summed E-state index contributed by atoms with van der Waals surface area (Å²) in [5.74, 6) is -0.740. The van der Waals surface area contributed by atoms with Gasteiger partial charge in [-0.2, -0.15) is 0 Å². The summed E-state index contributed by atoms with van der Waals surface area (Å²) in [5.41, 5.74) is 3.15. The number of dihydropyridines is 1. The van der Waals surface area contributed by atoms with Gasteiger partial charge in [-0.15, -0.1) is 0 Å². The fraction of sp³-hybridized carbons (Fsp3) is 0.476. The number of nitrogens with one attached hydrogen (secondary N) is 1. The fourth-order valence-corrected chi connectivity index (χ4v) is 4.63. The minimum absolute atomic E-state index is 0.329. The van der Waals surface area contributed by atoms with Crippen molar-refractivity contribution in [3.8, 4) is 0 Å². The number of carbonyl (C=O) groups excluding carboxylic acids is 1. The summed E-state index contributed by atoms with van der Waals surface area (Å²) in [7, 11) is 1.58. The van der Waals surface area contributed by atoms with E-state index in [1.165, 1.54) is 7.11 Å². The molecule has 1 aliphatic rings. The van der Waals surface area contributed by atoms with Crippen LogP contribution in [0.1, 0.15) is 25.8 Å². The molecule has 1 N–H and O–H groups in total. The maximum Gasteiger partial charge on any atom is 0.336 e. The maximum atomic E-state index is 13.4. The number of ether oxygens (including phenoxy) is 3. The van der Waals surface area contributed by atoms with Gasteiger partial charge in [0.2, 0.25) is 0 Å². The summed E-state index contributed by atoms with van der Waals surface area (Å²) >= 11 is 0. The molecule has 0 aliphatic carbocycles. The van der Waals surface area contributed by atoms with Gasteiger partial charge in [0.05, 0.1) is 43.3 Å². The summed E-state index contributed by atoms with van der Waals surface area (Å²) in [5, 5.41) is 3.27. The van der Waals surface area contributed by atoms with Gasteiger partial charge in [0.25, 0.3) is 0 Å². The van der Waals surface area contributed by atoms with Crippen molar-refractivity contribution in [1.82, 2.24) is 5.32 Å². The minimum Gasteiger partial charge on any atom is -0.466 e. The lowest BCUT2D eigenvalue weighted by Gasteiger charge is -2.29. The normalized spacial score (nSPS) is 18.1. The van der Waals surface area contributed by atoms with E-state index < -0.39 is 16.8 Å². The van der Waals surface area contributed by atoms with Crippen LogP contribution in [0, 0.1) is 12.8 Å². The maximum absolute atomic E-state index is 13.4. The number of carbonyl (C=O) groups is 1. The second-order valence-corrected chi connectivity index (χ2v) is 8.11. The van der Waals surface area contributed by atoms with Crippen LogP contribution in [0.2, 0.25) is 0 Å². The van der Waals surface area contributed by atoms with E-state index >= 15 is 0 Å². The first kappa shape index (κ1) is 22.3. The van der Waals surface area contributed by atoms with E-state index in [9.17, 15) is 9.00 Å². The molecule has 2 atom stereocenters. The third-order valence-electron chi connectivity index (χ3n) is 4.63. The van der Waals surface area contributed by atoms with Gasteiger partial charge >= 0.3 is 5.97 Å². The predicted octanol–water partition coefficient (Wildman–Crippen LogP) is 3.05. The summed E-state index contributed by atoms with van der Waals surface area (Å²) in [6, 6.07) is 7.59. The van der Waals surface area contributed by atoms with Crippen LogP contribution in [0.3, 0.4) is 0 Å².